The Hall–Kier alpha value is -1.43. The van der Waals surface area contributed by atoms with Crippen LogP contribution in [-0.4, -0.2) is 39.3 Å². The van der Waals surface area contributed by atoms with E-state index in [0.29, 0.717) is 29.2 Å². The number of rotatable bonds is 4. The third kappa shape index (κ3) is 3.32. The lowest BCUT2D eigenvalue weighted by atomic mass is 9.91. The van der Waals surface area contributed by atoms with E-state index in [4.69, 9.17) is 16.1 Å². The van der Waals surface area contributed by atoms with Crippen LogP contribution in [0.1, 0.15) is 25.7 Å². The highest BCUT2D eigenvalue weighted by atomic mass is 35.5. The van der Waals surface area contributed by atoms with E-state index in [-0.39, 0.29) is 12.6 Å². The Kier molecular flexibility index (Phi) is 4.76. The number of halogens is 1. The second-order valence-electron chi connectivity index (χ2n) is 5.86. The maximum absolute atomic E-state index is 9.60. The summed E-state index contributed by atoms with van der Waals surface area (Å²) in [6.07, 6.45) is 2.29. The Balaban J connectivity index is 1.72. The SMILES string of the molecule is CC1CCCN(Cc2nc(-c3ccc(Cl)cc3)no2)C1CO. The summed E-state index contributed by atoms with van der Waals surface area (Å²) in [6, 6.07) is 7.52. The van der Waals surface area contributed by atoms with Crippen molar-refractivity contribution in [3.05, 3.63) is 35.2 Å². The molecule has 0 spiro atoms. The molecule has 1 saturated heterocycles. The molecule has 0 saturated carbocycles. The molecule has 22 heavy (non-hydrogen) atoms. The molecule has 3 rings (SSSR count). The van der Waals surface area contributed by atoms with Gasteiger partial charge in [-0.15, -0.1) is 0 Å². The summed E-state index contributed by atoms with van der Waals surface area (Å²) in [5.74, 6) is 1.63. The van der Waals surface area contributed by atoms with Gasteiger partial charge in [0.1, 0.15) is 0 Å². The van der Waals surface area contributed by atoms with E-state index in [2.05, 4.69) is 22.0 Å². The van der Waals surface area contributed by atoms with E-state index >= 15 is 0 Å². The van der Waals surface area contributed by atoms with E-state index in [1.807, 2.05) is 12.1 Å². The number of aromatic nitrogens is 2. The van der Waals surface area contributed by atoms with Gasteiger partial charge < -0.3 is 9.63 Å². The number of aliphatic hydroxyl groups is 1. The molecule has 1 fully saturated rings. The lowest BCUT2D eigenvalue weighted by molar-refractivity contribution is 0.0400. The number of aliphatic hydroxyl groups excluding tert-OH is 1. The number of benzene rings is 1. The first-order chi connectivity index (χ1) is 10.7. The number of nitrogens with zero attached hydrogens (tertiary/aromatic N) is 3. The fourth-order valence-electron chi connectivity index (χ4n) is 3.04. The molecule has 6 heteroatoms. The summed E-state index contributed by atoms with van der Waals surface area (Å²) in [4.78, 5) is 6.68. The van der Waals surface area contributed by atoms with Crippen LogP contribution in [0.2, 0.25) is 5.02 Å². The molecule has 2 aromatic rings. The maximum atomic E-state index is 9.60. The summed E-state index contributed by atoms with van der Waals surface area (Å²) in [5.41, 5.74) is 0.880. The summed E-state index contributed by atoms with van der Waals surface area (Å²) < 4.78 is 5.36. The zero-order valence-corrected chi connectivity index (χ0v) is 13.3. The van der Waals surface area contributed by atoms with Gasteiger partial charge in [0.25, 0.3) is 0 Å². The molecule has 1 aliphatic heterocycles. The monoisotopic (exact) mass is 321 g/mol. The summed E-state index contributed by atoms with van der Waals surface area (Å²) in [5, 5.41) is 14.3. The zero-order valence-electron chi connectivity index (χ0n) is 12.6. The first-order valence-corrected chi connectivity index (χ1v) is 7.98. The molecular formula is C16H20ClN3O2. The standard InChI is InChI=1S/C16H20ClN3O2/c1-11-3-2-8-20(14(11)10-21)9-15-18-16(19-22-15)12-4-6-13(17)7-5-12/h4-7,11,14,21H,2-3,8-10H2,1H3. The largest absolute Gasteiger partial charge is 0.395 e. The van der Waals surface area contributed by atoms with Crippen LogP contribution in [0.15, 0.2) is 28.8 Å². The van der Waals surface area contributed by atoms with Crippen molar-refractivity contribution in [2.45, 2.75) is 32.4 Å². The zero-order chi connectivity index (χ0) is 15.5. The summed E-state index contributed by atoms with van der Waals surface area (Å²) in [7, 11) is 0. The van der Waals surface area contributed by atoms with Crippen molar-refractivity contribution in [1.29, 1.82) is 0 Å². The Bertz CT molecular complexity index is 614. The van der Waals surface area contributed by atoms with Gasteiger partial charge in [-0.25, -0.2) is 0 Å². The number of hydrogen-bond donors (Lipinski definition) is 1. The minimum Gasteiger partial charge on any atom is -0.395 e. The first-order valence-electron chi connectivity index (χ1n) is 7.61. The predicted octanol–water partition coefficient (Wildman–Crippen LogP) is 2.98. The maximum Gasteiger partial charge on any atom is 0.241 e. The van der Waals surface area contributed by atoms with Gasteiger partial charge in [0.15, 0.2) is 0 Å². The highest BCUT2D eigenvalue weighted by molar-refractivity contribution is 6.30. The highest BCUT2D eigenvalue weighted by Crippen LogP contribution is 2.25. The van der Waals surface area contributed by atoms with Crippen molar-refractivity contribution in [1.82, 2.24) is 15.0 Å². The van der Waals surface area contributed by atoms with Gasteiger partial charge in [0.05, 0.1) is 13.2 Å². The molecule has 5 nitrogen and oxygen atoms in total. The molecule has 0 bridgehead atoms. The first kappa shape index (κ1) is 15.5. The minimum absolute atomic E-state index is 0.166. The predicted molar refractivity (Wildman–Crippen MR) is 84.4 cm³/mol. The molecule has 0 amide bonds. The van der Waals surface area contributed by atoms with Crippen molar-refractivity contribution in [3.63, 3.8) is 0 Å². The molecule has 0 aliphatic carbocycles. The Morgan fingerprint density at radius 2 is 2.14 bits per heavy atom. The van der Waals surface area contributed by atoms with E-state index in [0.717, 1.165) is 24.9 Å². The Morgan fingerprint density at radius 3 is 2.86 bits per heavy atom. The minimum atomic E-state index is 0.166. The fourth-order valence-corrected chi connectivity index (χ4v) is 3.16. The molecule has 1 N–H and O–H groups in total. The third-order valence-electron chi connectivity index (χ3n) is 4.33. The van der Waals surface area contributed by atoms with E-state index < -0.39 is 0 Å². The lowest BCUT2D eigenvalue weighted by Gasteiger charge is -2.38. The smallest absolute Gasteiger partial charge is 0.241 e. The Labute approximate surface area is 134 Å². The third-order valence-corrected chi connectivity index (χ3v) is 4.58. The van der Waals surface area contributed by atoms with Crippen molar-refractivity contribution in [2.24, 2.45) is 5.92 Å². The molecule has 1 aromatic heterocycles. The van der Waals surface area contributed by atoms with Crippen molar-refractivity contribution in [3.8, 4) is 11.4 Å². The molecule has 2 unspecified atom stereocenters. The van der Waals surface area contributed by atoms with Crippen LogP contribution < -0.4 is 0 Å². The average Bonchev–Trinajstić information content (AvgIpc) is 2.97. The average molecular weight is 322 g/mol. The normalized spacial score (nSPS) is 22.9. The Morgan fingerprint density at radius 1 is 1.36 bits per heavy atom. The van der Waals surface area contributed by atoms with Crippen LogP contribution in [-0.2, 0) is 6.54 Å². The fraction of sp³-hybridized carbons (Fsp3) is 0.500. The van der Waals surface area contributed by atoms with Gasteiger partial charge in [-0.2, -0.15) is 4.98 Å². The van der Waals surface area contributed by atoms with E-state index in [1.54, 1.807) is 12.1 Å². The van der Waals surface area contributed by atoms with Crippen molar-refractivity contribution in [2.75, 3.05) is 13.2 Å². The van der Waals surface area contributed by atoms with Crippen LogP contribution >= 0.6 is 11.6 Å². The summed E-state index contributed by atoms with van der Waals surface area (Å²) >= 11 is 5.88. The van der Waals surface area contributed by atoms with E-state index in [1.165, 1.54) is 0 Å². The van der Waals surface area contributed by atoms with Crippen molar-refractivity contribution < 1.29 is 9.63 Å². The highest BCUT2D eigenvalue weighted by Gasteiger charge is 2.29. The summed E-state index contributed by atoms with van der Waals surface area (Å²) in [6.45, 7) is 3.88. The molecule has 118 valence electrons. The molecular weight excluding hydrogens is 302 g/mol. The van der Waals surface area contributed by atoms with Gasteiger partial charge >= 0.3 is 0 Å². The van der Waals surface area contributed by atoms with Crippen LogP contribution in [0, 0.1) is 5.92 Å². The second-order valence-corrected chi connectivity index (χ2v) is 6.29. The molecule has 1 aliphatic rings. The number of likely N-dealkylation sites (tertiary alicyclic amines) is 1. The topological polar surface area (TPSA) is 62.4 Å². The van der Waals surface area contributed by atoms with Gasteiger partial charge in [-0.1, -0.05) is 23.7 Å². The molecule has 2 atom stereocenters. The quantitative estimate of drug-likeness (QED) is 0.938. The van der Waals surface area contributed by atoms with Crippen LogP contribution in [0.25, 0.3) is 11.4 Å². The van der Waals surface area contributed by atoms with Gasteiger partial charge in [0, 0.05) is 16.6 Å². The van der Waals surface area contributed by atoms with Crippen LogP contribution in [0.4, 0.5) is 0 Å². The molecule has 0 radical (unpaired) electrons. The van der Waals surface area contributed by atoms with Gasteiger partial charge in [-0.3, -0.25) is 4.90 Å². The molecule has 2 heterocycles. The lowest BCUT2D eigenvalue weighted by Crippen LogP contribution is -2.46. The van der Waals surface area contributed by atoms with Gasteiger partial charge in [0.2, 0.25) is 11.7 Å². The second kappa shape index (κ2) is 6.77. The molecule has 1 aromatic carbocycles. The number of hydrogen-bond acceptors (Lipinski definition) is 5. The van der Waals surface area contributed by atoms with Crippen molar-refractivity contribution >= 4 is 11.6 Å². The number of piperidine rings is 1. The van der Waals surface area contributed by atoms with Gasteiger partial charge in [-0.05, 0) is 49.6 Å². The van der Waals surface area contributed by atoms with Crippen LogP contribution in [0.3, 0.4) is 0 Å². The van der Waals surface area contributed by atoms with E-state index in [9.17, 15) is 5.11 Å². The van der Waals surface area contributed by atoms with Crippen LogP contribution in [0.5, 0.6) is 0 Å².